The smallest absolute Gasteiger partial charge is 0.220 e. The highest BCUT2D eigenvalue weighted by Gasteiger charge is 2.31. The Hall–Kier alpha value is -2.15. The zero-order valence-electron chi connectivity index (χ0n) is 19.3. The second kappa shape index (κ2) is 10.2. The SMILES string of the molecule is O=C(CC1Cc2ccccc2C1)N[C@H](CN1CC[C@@H](F)C1)[C@H](O)c1ccc(OC2CC2)c(Cl)c1. The van der Waals surface area contributed by atoms with Crippen LogP contribution in [-0.4, -0.2) is 53.9 Å². The summed E-state index contributed by atoms with van der Waals surface area (Å²) in [6, 6.07) is 13.0. The van der Waals surface area contributed by atoms with Crippen molar-refractivity contribution in [1.29, 1.82) is 0 Å². The molecule has 2 aliphatic carbocycles. The molecule has 2 fully saturated rings. The number of hydrogen-bond acceptors (Lipinski definition) is 4. The van der Waals surface area contributed by atoms with E-state index in [1.54, 1.807) is 18.2 Å². The molecule has 5 rings (SSSR count). The molecule has 1 aliphatic heterocycles. The summed E-state index contributed by atoms with van der Waals surface area (Å²) in [5.41, 5.74) is 3.24. The molecule has 3 atom stereocenters. The number of ether oxygens (including phenoxy) is 1. The number of rotatable bonds is 9. The van der Waals surface area contributed by atoms with Crippen LogP contribution in [0.4, 0.5) is 4.39 Å². The predicted octanol–water partition coefficient (Wildman–Crippen LogP) is 4.25. The Bertz CT molecular complexity index is 1010. The second-order valence-electron chi connectivity index (χ2n) is 10.0. The molecule has 0 aromatic heterocycles. The van der Waals surface area contributed by atoms with Crippen molar-refractivity contribution in [1.82, 2.24) is 10.2 Å². The minimum atomic E-state index is -0.962. The highest BCUT2D eigenvalue weighted by molar-refractivity contribution is 6.32. The first-order valence-corrected chi connectivity index (χ1v) is 12.7. The molecule has 0 bridgehead atoms. The van der Waals surface area contributed by atoms with Gasteiger partial charge in [0.2, 0.25) is 5.91 Å². The number of amides is 1. The Balaban J connectivity index is 1.25. The van der Waals surface area contributed by atoms with Gasteiger partial charge < -0.3 is 15.2 Å². The molecule has 1 saturated heterocycles. The molecule has 5 nitrogen and oxygen atoms in total. The van der Waals surface area contributed by atoms with Gasteiger partial charge in [0.1, 0.15) is 18.0 Å². The minimum absolute atomic E-state index is 0.0855. The molecule has 1 saturated carbocycles. The lowest BCUT2D eigenvalue weighted by atomic mass is 9.99. The van der Waals surface area contributed by atoms with Crippen molar-refractivity contribution in [2.75, 3.05) is 19.6 Å². The maximum atomic E-state index is 13.8. The van der Waals surface area contributed by atoms with E-state index in [0.717, 1.165) is 25.7 Å². The summed E-state index contributed by atoms with van der Waals surface area (Å²) in [7, 11) is 0. The van der Waals surface area contributed by atoms with E-state index in [1.165, 1.54) is 11.1 Å². The largest absolute Gasteiger partial charge is 0.489 e. The van der Waals surface area contributed by atoms with Gasteiger partial charge >= 0.3 is 0 Å². The highest BCUT2D eigenvalue weighted by Crippen LogP contribution is 2.34. The van der Waals surface area contributed by atoms with Crippen LogP contribution in [-0.2, 0) is 17.6 Å². The van der Waals surface area contributed by atoms with Gasteiger partial charge in [0.05, 0.1) is 17.2 Å². The van der Waals surface area contributed by atoms with E-state index >= 15 is 0 Å². The summed E-state index contributed by atoms with van der Waals surface area (Å²) < 4.78 is 19.6. The summed E-state index contributed by atoms with van der Waals surface area (Å²) in [6.07, 6.45) is 3.14. The topological polar surface area (TPSA) is 61.8 Å². The number of aliphatic hydroxyl groups is 1. The Kier molecular flexibility index (Phi) is 7.09. The zero-order chi connectivity index (χ0) is 23.7. The molecule has 2 aromatic carbocycles. The molecule has 0 unspecified atom stereocenters. The van der Waals surface area contributed by atoms with Crippen LogP contribution in [0, 0.1) is 5.92 Å². The third kappa shape index (κ3) is 5.73. The van der Waals surface area contributed by atoms with Crippen LogP contribution >= 0.6 is 11.6 Å². The van der Waals surface area contributed by atoms with Crippen LogP contribution in [0.5, 0.6) is 5.75 Å². The molecular formula is C27H32ClFN2O3. The molecule has 7 heteroatoms. The van der Waals surface area contributed by atoms with Crippen LogP contribution in [0.3, 0.4) is 0 Å². The van der Waals surface area contributed by atoms with Gasteiger partial charge in [-0.3, -0.25) is 9.69 Å². The molecule has 2 N–H and O–H groups in total. The average molecular weight is 487 g/mol. The molecule has 182 valence electrons. The number of nitrogens with one attached hydrogen (secondary N) is 1. The first kappa shape index (κ1) is 23.6. The Morgan fingerprint density at radius 3 is 2.53 bits per heavy atom. The summed E-state index contributed by atoms with van der Waals surface area (Å²) in [4.78, 5) is 15.0. The van der Waals surface area contributed by atoms with Gasteiger partial charge in [-0.1, -0.05) is 41.9 Å². The van der Waals surface area contributed by atoms with E-state index in [2.05, 4.69) is 17.4 Å². The lowest BCUT2D eigenvalue weighted by Crippen LogP contribution is -2.47. The van der Waals surface area contributed by atoms with E-state index in [9.17, 15) is 14.3 Å². The van der Waals surface area contributed by atoms with Crippen molar-refractivity contribution >= 4 is 17.5 Å². The number of carbonyl (C=O) groups is 1. The Labute approximate surface area is 205 Å². The zero-order valence-corrected chi connectivity index (χ0v) is 20.0. The number of halogens is 2. The van der Waals surface area contributed by atoms with Gasteiger partial charge in [-0.25, -0.2) is 4.39 Å². The molecule has 0 spiro atoms. The lowest BCUT2D eigenvalue weighted by molar-refractivity contribution is -0.123. The van der Waals surface area contributed by atoms with E-state index in [0.29, 0.717) is 48.8 Å². The third-order valence-electron chi connectivity index (χ3n) is 7.12. The number of alkyl halides is 1. The molecule has 1 heterocycles. The fourth-order valence-corrected chi connectivity index (χ4v) is 5.40. The van der Waals surface area contributed by atoms with E-state index in [-0.39, 0.29) is 17.9 Å². The fraction of sp³-hybridized carbons (Fsp3) is 0.519. The normalized spacial score (nSPS) is 22.4. The molecule has 3 aliphatic rings. The van der Waals surface area contributed by atoms with Crippen LogP contribution in [0.25, 0.3) is 0 Å². The maximum Gasteiger partial charge on any atom is 0.220 e. The fourth-order valence-electron chi connectivity index (χ4n) is 5.17. The van der Waals surface area contributed by atoms with Crippen molar-refractivity contribution < 1.29 is 19.0 Å². The number of hydrogen-bond donors (Lipinski definition) is 2. The molecule has 0 radical (unpaired) electrons. The summed E-state index contributed by atoms with van der Waals surface area (Å²) in [5.74, 6) is 0.782. The molecule has 2 aromatic rings. The van der Waals surface area contributed by atoms with Gasteiger partial charge in [0, 0.05) is 26.1 Å². The Morgan fingerprint density at radius 2 is 1.91 bits per heavy atom. The van der Waals surface area contributed by atoms with Gasteiger partial charge in [-0.15, -0.1) is 0 Å². The third-order valence-corrected chi connectivity index (χ3v) is 7.42. The monoisotopic (exact) mass is 486 g/mol. The number of aliphatic hydroxyl groups excluding tert-OH is 1. The van der Waals surface area contributed by atoms with E-state index in [4.69, 9.17) is 16.3 Å². The van der Waals surface area contributed by atoms with Crippen LogP contribution in [0.1, 0.15) is 48.5 Å². The quantitative estimate of drug-likeness (QED) is 0.556. The average Bonchev–Trinajstić information content (AvgIpc) is 3.39. The first-order valence-electron chi connectivity index (χ1n) is 12.3. The van der Waals surface area contributed by atoms with Gasteiger partial charge in [-0.2, -0.15) is 0 Å². The molecule has 1 amide bonds. The molecule has 34 heavy (non-hydrogen) atoms. The number of carbonyl (C=O) groups excluding carboxylic acids is 1. The van der Waals surface area contributed by atoms with E-state index in [1.807, 2.05) is 17.0 Å². The number of nitrogens with zero attached hydrogens (tertiary/aromatic N) is 1. The summed E-state index contributed by atoms with van der Waals surface area (Å²) >= 11 is 6.42. The van der Waals surface area contributed by atoms with Crippen molar-refractivity contribution in [3.63, 3.8) is 0 Å². The van der Waals surface area contributed by atoms with Crippen LogP contribution < -0.4 is 10.1 Å². The maximum absolute atomic E-state index is 13.8. The first-order chi connectivity index (χ1) is 16.4. The Morgan fingerprint density at radius 1 is 1.18 bits per heavy atom. The second-order valence-corrected chi connectivity index (χ2v) is 10.4. The standard InChI is InChI=1S/C27H32ClFN2O3/c28-23-14-20(5-8-25(23)34-22-6-7-22)27(33)24(16-31-10-9-21(29)15-31)30-26(32)13-17-11-18-3-1-2-4-19(18)12-17/h1-5,8,14,17,21-22,24,27,33H,6-7,9-13,15-16H2,(H,30,32)/t21-,24-,27-/m1/s1. The minimum Gasteiger partial charge on any atom is -0.489 e. The van der Waals surface area contributed by atoms with Crippen LogP contribution in [0.15, 0.2) is 42.5 Å². The predicted molar refractivity (Wildman–Crippen MR) is 130 cm³/mol. The highest BCUT2D eigenvalue weighted by atomic mass is 35.5. The number of fused-ring (bicyclic) bond motifs is 1. The van der Waals surface area contributed by atoms with E-state index < -0.39 is 18.3 Å². The van der Waals surface area contributed by atoms with Gasteiger partial charge in [0.15, 0.2) is 0 Å². The molecular weight excluding hydrogens is 455 g/mol. The number of likely N-dealkylation sites (tertiary alicyclic amines) is 1. The van der Waals surface area contributed by atoms with Gasteiger partial charge in [0.25, 0.3) is 0 Å². The summed E-state index contributed by atoms with van der Waals surface area (Å²) in [5, 5.41) is 14.7. The summed E-state index contributed by atoms with van der Waals surface area (Å²) in [6.45, 7) is 1.33. The van der Waals surface area contributed by atoms with Gasteiger partial charge in [-0.05, 0) is 66.8 Å². The van der Waals surface area contributed by atoms with Crippen molar-refractivity contribution in [2.45, 2.75) is 62.9 Å². The number of benzene rings is 2. The van der Waals surface area contributed by atoms with Crippen molar-refractivity contribution in [3.05, 3.63) is 64.2 Å². The van der Waals surface area contributed by atoms with Crippen LogP contribution in [0.2, 0.25) is 5.02 Å². The lowest BCUT2D eigenvalue weighted by Gasteiger charge is -2.29. The van der Waals surface area contributed by atoms with Crippen molar-refractivity contribution in [2.24, 2.45) is 5.92 Å². The van der Waals surface area contributed by atoms with Crippen molar-refractivity contribution in [3.8, 4) is 5.75 Å².